The van der Waals surface area contributed by atoms with Crippen molar-refractivity contribution in [3.8, 4) is 17.2 Å². The van der Waals surface area contributed by atoms with Crippen LogP contribution in [0.1, 0.15) is 0 Å². The predicted octanol–water partition coefficient (Wildman–Crippen LogP) is -6.14. The molecular weight excluding hydrogens is 845 g/mol. The van der Waals surface area contributed by atoms with Crippen LogP contribution in [0.2, 0.25) is 0 Å². The molecule has 19 nitrogen and oxygen atoms in total. The zero-order chi connectivity index (χ0) is 34.9. The minimum atomic E-state index is -5.24. The van der Waals surface area contributed by atoms with Gasteiger partial charge >= 0.3 is 106 Å². The van der Waals surface area contributed by atoms with E-state index < -0.39 is 113 Å². The van der Waals surface area contributed by atoms with Crippen molar-refractivity contribution in [3.63, 3.8) is 0 Å². The second kappa shape index (κ2) is 19.5. The number of aromatic hydroxyl groups is 3. The van der Waals surface area contributed by atoms with Crippen LogP contribution in [0.5, 0.6) is 17.2 Å². The molecule has 4 rings (SSSR count). The molecule has 51 heavy (non-hydrogen) atoms. The Labute approximate surface area is 367 Å². The van der Waals surface area contributed by atoms with Crippen molar-refractivity contribution in [2.75, 3.05) is 12.4 Å². The smallest absolute Gasteiger partial charge is 0.744 e. The Bertz CT molecular complexity index is 2440. The fraction of sp³-hybridized carbons (Fsp3) is 0.0833. The van der Waals surface area contributed by atoms with Crippen LogP contribution < -0.4 is 88.7 Å². The molecule has 0 aliphatic rings. The molecule has 1 radical (unpaired) electrons. The summed E-state index contributed by atoms with van der Waals surface area (Å²) in [4.78, 5) is -2.28. The van der Waals surface area contributed by atoms with Gasteiger partial charge in [0, 0.05) is 10.8 Å². The van der Waals surface area contributed by atoms with Gasteiger partial charge in [-0.3, -0.25) is 4.18 Å². The Hall–Kier alpha value is -1.10. The molecule has 0 atom stereocenters. The van der Waals surface area contributed by atoms with Gasteiger partial charge in [0.05, 0.1) is 32.7 Å². The molecule has 0 spiro atoms. The van der Waals surface area contributed by atoms with Crippen LogP contribution in [-0.2, 0) is 61.7 Å². The van der Waals surface area contributed by atoms with Crippen molar-refractivity contribution in [2.45, 2.75) is 14.7 Å². The van der Waals surface area contributed by atoms with Gasteiger partial charge in [0.2, 0.25) is 10.4 Å². The van der Waals surface area contributed by atoms with Crippen molar-refractivity contribution in [2.24, 2.45) is 20.5 Å². The standard InChI is InChI=1S/C24H20N4O15S4.Cu.3Na/c29-19-6-4-14(44(32,33)9-8-43-47(40,41)42)12-18(19)27-28-23-20(30)7-5-17(24(23)31)26-25-13-10-16-15(22(11-13)46(37,38)39)2-1-3-21(16)45(34,35)36;;;;/h1-7,10-12,29-31H,8-9H2,(H,34,35,36)(H,37,38,39)(H,40,41,42);;;;/q;+2;3*+1/p-3. The first-order valence-corrected chi connectivity index (χ1v) is 18.0. The third-order valence-electron chi connectivity index (χ3n) is 5.97. The molecule has 259 valence electrons. The molecule has 27 heteroatoms. The Kier molecular flexibility index (Phi) is 19.1. The van der Waals surface area contributed by atoms with Crippen molar-refractivity contribution in [1.29, 1.82) is 0 Å². The Morgan fingerprint density at radius 1 is 0.627 bits per heavy atom. The number of phenols is 3. The zero-order valence-electron chi connectivity index (χ0n) is 26.2. The minimum absolute atomic E-state index is 0. The van der Waals surface area contributed by atoms with Gasteiger partial charge in [-0.25, -0.2) is 33.7 Å². The first-order chi connectivity index (χ1) is 21.7. The van der Waals surface area contributed by atoms with Crippen molar-refractivity contribution < 1.29 is 173 Å². The first-order valence-electron chi connectivity index (χ1n) is 12.2. The molecule has 3 N–H and O–H groups in total. The van der Waals surface area contributed by atoms with E-state index in [2.05, 4.69) is 24.6 Å². The monoisotopic (exact) mass is 861 g/mol. The summed E-state index contributed by atoms with van der Waals surface area (Å²) in [7, 11) is -19.8. The van der Waals surface area contributed by atoms with E-state index in [0.29, 0.717) is 0 Å². The molecule has 0 unspecified atom stereocenters. The number of benzene rings is 4. The first kappa shape index (κ1) is 49.9. The van der Waals surface area contributed by atoms with Crippen LogP contribution in [0.3, 0.4) is 0 Å². The third-order valence-corrected chi connectivity index (χ3v) is 9.87. The topological polar surface area (TPSA) is 325 Å². The molecular formula is C24H17CuN4Na3O15S4+2. The summed E-state index contributed by atoms with van der Waals surface area (Å²) in [5.74, 6) is -3.18. The molecule has 4 aromatic carbocycles. The number of phenolic OH excluding ortho intramolecular Hbond substituents is 3. The van der Waals surface area contributed by atoms with Crippen LogP contribution in [0.15, 0.2) is 95.8 Å². The normalized spacial score (nSPS) is 12.1. The largest absolute Gasteiger partial charge is 2.00 e. The molecule has 0 saturated heterocycles. The quantitative estimate of drug-likeness (QED) is 0.0547. The van der Waals surface area contributed by atoms with E-state index in [1.54, 1.807) is 0 Å². The molecule has 0 amide bonds. The van der Waals surface area contributed by atoms with Crippen molar-refractivity contribution in [1.82, 2.24) is 0 Å². The van der Waals surface area contributed by atoms with Gasteiger partial charge in [0.15, 0.2) is 21.3 Å². The number of hydrogen-bond acceptors (Lipinski definition) is 19. The van der Waals surface area contributed by atoms with Crippen molar-refractivity contribution in [3.05, 3.63) is 60.7 Å². The SMILES string of the molecule is O=S(=O)([O-])OCCS(=O)(=O)c1ccc(O)c(N=Nc2c(O)ccc(N=Nc3cc(S(=O)(=O)[O-])c4cccc(S(=O)(=O)[O-])c4c3)c2O)c1.[Cu+2].[Na+].[Na+].[Na+]. The number of nitrogens with zero attached hydrogens (tertiary/aromatic N) is 4. The summed E-state index contributed by atoms with van der Waals surface area (Å²) in [6.45, 7) is -0.999. The molecule has 0 heterocycles. The number of sulfone groups is 1. The minimum Gasteiger partial charge on any atom is -0.744 e. The number of fused-ring (bicyclic) bond motifs is 1. The number of rotatable bonds is 11. The summed E-state index contributed by atoms with van der Waals surface area (Å²) in [5.41, 5.74) is -2.10. The predicted molar refractivity (Wildman–Crippen MR) is 154 cm³/mol. The molecule has 0 bridgehead atoms. The maximum atomic E-state index is 12.5. The summed E-state index contributed by atoms with van der Waals surface area (Å²) in [6, 6.07) is 9.29. The summed E-state index contributed by atoms with van der Waals surface area (Å²) >= 11 is 0. The average molecular weight is 862 g/mol. The van der Waals surface area contributed by atoms with Gasteiger partial charge in [-0.05, 0) is 48.5 Å². The Morgan fingerprint density at radius 2 is 1.22 bits per heavy atom. The van der Waals surface area contributed by atoms with Gasteiger partial charge in [-0.2, -0.15) is 5.11 Å². The molecule has 0 saturated carbocycles. The number of hydrogen-bond donors (Lipinski definition) is 3. The second-order valence-corrected chi connectivity index (χ2v) is 15.0. The third kappa shape index (κ3) is 13.0. The maximum Gasteiger partial charge on any atom is 2.00 e. The van der Waals surface area contributed by atoms with E-state index in [4.69, 9.17) is 0 Å². The van der Waals surface area contributed by atoms with E-state index in [9.17, 15) is 62.6 Å². The maximum absolute atomic E-state index is 12.5. The molecule has 4 aromatic rings. The fourth-order valence-corrected chi connectivity index (χ4v) is 6.78. The van der Waals surface area contributed by atoms with Crippen LogP contribution in [0.25, 0.3) is 10.8 Å². The van der Waals surface area contributed by atoms with Crippen LogP contribution in [0.4, 0.5) is 22.7 Å². The van der Waals surface area contributed by atoms with Gasteiger partial charge in [0.1, 0.15) is 43.1 Å². The van der Waals surface area contributed by atoms with Crippen LogP contribution in [-0.4, -0.2) is 75.0 Å². The fourth-order valence-electron chi connectivity index (χ4n) is 3.89. The van der Waals surface area contributed by atoms with E-state index in [0.717, 1.165) is 60.7 Å². The molecule has 0 fully saturated rings. The summed E-state index contributed by atoms with van der Waals surface area (Å²) in [6.07, 6.45) is 0. The van der Waals surface area contributed by atoms with E-state index in [-0.39, 0.29) is 111 Å². The molecule has 0 aliphatic carbocycles. The van der Waals surface area contributed by atoms with Crippen LogP contribution in [0, 0.1) is 0 Å². The van der Waals surface area contributed by atoms with Crippen LogP contribution >= 0.6 is 0 Å². The van der Waals surface area contributed by atoms with Gasteiger partial charge in [-0.1, -0.05) is 12.1 Å². The van der Waals surface area contributed by atoms with Gasteiger partial charge in [-0.15, -0.1) is 15.3 Å². The van der Waals surface area contributed by atoms with Gasteiger partial charge in [0.25, 0.3) is 0 Å². The zero-order valence-corrected chi connectivity index (χ0v) is 36.4. The number of azo groups is 2. The Morgan fingerprint density at radius 3 is 1.80 bits per heavy atom. The second-order valence-electron chi connectivity index (χ2n) is 9.10. The van der Waals surface area contributed by atoms with Gasteiger partial charge < -0.3 is 29.0 Å². The van der Waals surface area contributed by atoms with Crippen molar-refractivity contribution >= 4 is 74.0 Å². The van der Waals surface area contributed by atoms with E-state index in [1.807, 2.05) is 0 Å². The average Bonchev–Trinajstić information content (AvgIpc) is 2.94. The molecule has 0 aliphatic heterocycles. The van der Waals surface area contributed by atoms with E-state index >= 15 is 0 Å². The Balaban J connectivity index is 0.00000625. The molecule has 0 aromatic heterocycles. The summed E-state index contributed by atoms with van der Waals surface area (Å²) < 4.78 is 131. The van der Waals surface area contributed by atoms with E-state index in [1.165, 1.54) is 0 Å². The summed E-state index contributed by atoms with van der Waals surface area (Å²) in [5, 5.41) is 44.8.